The topological polar surface area (TPSA) is 75.4 Å². The molecule has 1 aliphatic rings. The molecule has 0 unspecified atom stereocenters. The van der Waals surface area contributed by atoms with Gasteiger partial charge in [0.05, 0.1) is 22.8 Å². The molecule has 2 heterocycles. The maximum atomic E-state index is 11.9. The van der Waals surface area contributed by atoms with Crippen LogP contribution in [0, 0.1) is 11.8 Å². The molecule has 1 fully saturated rings. The second kappa shape index (κ2) is 7.08. The fraction of sp³-hybridized carbons (Fsp3) is 0.429. The van der Waals surface area contributed by atoms with E-state index in [1.54, 1.807) is 17.0 Å². The summed E-state index contributed by atoms with van der Waals surface area (Å²) >= 11 is 1.30. The van der Waals surface area contributed by atoms with Crippen LogP contribution in [0.25, 0.3) is 0 Å². The highest BCUT2D eigenvalue weighted by Gasteiger charge is 2.18. The summed E-state index contributed by atoms with van der Waals surface area (Å²) in [5, 5.41) is 2.65. The minimum Gasteiger partial charge on any atom is -0.342 e. The van der Waals surface area contributed by atoms with E-state index >= 15 is 0 Å². The van der Waals surface area contributed by atoms with Crippen molar-refractivity contribution in [2.75, 3.05) is 26.2 Å². The molecule has 0 saturated carbocycles. The summed E-state index contributed by atoms with van der Waals surface area (Å²) in [5.41, 5.74) is 5.29. The first kappa shape index (κ1) is 14.6. The zero-order chi connectivity index (χ0) is 14.4. The average Bonchev–Trinajstić information content (AvgIpc) is 3.12. The standard InChI is InChI=1S/C14H17N3O2S/c15-7-3-4-11-5-6-12(20-11)14(19)16-10-13(18)17-8-1-2-9-17/h5-6H,1-2,7-10,15H2,(H,16,19). The maximum absolute atomic E-state index is 11.9. The van der Waals surface area contributed by atoms with E-state index in [0.29, 0.717) is 11.4 Å². The molecule has 6 heteroatoms. The fourth-order valence-electron chi connectivity index (χ4n) is 1.99. The predicted octanol–water partition coefficient (Wildman–Crippen LogP) is 0.410. The third-order valence-corrected chi connectivity index (χ3v) is 4.00. The number of nitrogens with one attached hydrogen (secondary N) is 1. The zero-order valence-electron chi connectivity index (χ0n) is 11.1. The van der Waals surface area contributed by atoms with E-state index in [1.165, 1.54) is 11.3 Å². The van der Waals surface area contributed by atoms with Gasteiger partial charge in [-0.15, -0.1) is 11.3 Å². The summed E-state index contributed by atoms with van der Waals surface area (Å²) in [6, 6.07) is 3.49. The smallest absolute Gasteiger partial charge is 0.261 e. The average molecular weight is 291 g/mol. The monoisotopic (exact) mass is 291 g/mol. The van der Waals surface area contributed by atoms with E-state index in [0.717, 1.165) is 30.8 Å². The Morgan fingerprint density at radius 1 is 1.35 bits per heavy atom. The number of nitrogens with two attached hydrogens (primary N) is 1. The molecule has 0 aromatic carbocycles. The highest BCUT2D eigenvalue weighted by molar-refractivity contribution is 7.14. The van der Waals surface area contributed by atoms with Crippen molar-refractivity contribution in [1.29, 1.82) is 0 Å². The molecule has 2 rings (SSSR count). The van der Waals surface area contributed by atoms with Gasteiger partial charge in [0.25, 0.3) is 5.91 Å². The Hall–Kier alpha value is -1.84. The second-order valence-electron chi connectivity index (χ2n) is 4.44. The molecule has 106 valence electrons. The van der Waals surface area contributed by atoms with Crippen LogP contribution in [-0.2, 0) is 4.79 Å². The summed E-state index contributed by atoms with van der Waals surface area (Å²) in [6.45, 7) is 1.95. The van der Waals surface area contributed by atoms with Gasteiger partial charge < -0.3 is 16.0 Å². The molecule has 0 spiro atoms. The molecule has 2 amide bonds. The van der Waals surface area contributed by atoms with E-state index in [1.807, 2.05) is 0 Å². The molecule has 1 aromatic heterocycles. The normalized spacial score (nSPS) is 13.8. The molecule has 0 aliphatic carbocycles. The number of rotatable bonds is 3. The van der Waals surface area contributed by atoms with Crippen molar-refractivity contribution in [2.24, 2.45) is 5.73 Å². The number of nitrogens with zero attached hydrogens (tertiary/aromatic N) is 1. The largest absolute Gasteiger partial charge is 0.342 e. The maximum Gasteiger partial charge on any atom is 0.261 e. The van der Waals surface area contributed by atoms with Gasteiger partial charge in [-0.2, -0.15) is 0 Å². The van der Waals surface area contributed by atoms with Gasteiger partial charge in [-0.05, 0) is 25.0 Å². The highest BCUT2D eigenvalue weighted by atomic mass is 32.1. The van der Waals surface area contributed by atoms with Crippen LogP contribution in [0.15, 0.2) is 12.1 Å². The minimum absolute atomic E-state index is 0.0180. The van der Waals surface area contributed by atoms with Crippen LogP contribution in [-0.4, -0.2) is 42.9 Å². The Bertz CT molecular complexity index is 550. The van der Waals surface area contributed by atoms with Crippen molar-refractivity contribution in [3.8, 4) is 11.8 Å². The first-order chi connectivity index (χ1) is 9.70. The number of carbonyl (C=O) groups is 2. The Kier molecular flexibility index (Phi) is 5.16. The molecule has 1 aromatic rings. The van der Waals surface area contributed by atoms with E-state index in [-0.39, 0.29) is 18.4 Å². The lowest BCUT2D eigenvalue weighted by atomic mass is 10.4. The Morgan fingerprint density at radius 3 is 2.80 bits per heavy atom. The molecule has 0 atom stereocenters. The van der Waals surface area contributed by atoms with Crippen LogP contribution < -0.4 is 11.1 Å². The number of hydrogen-bond donors (Lipinski definition) is 2. The number of amides is 2. The summed E-state index contributed by atoms with van der Waals surface area (Å²) < 4.78 is 0. The molecular formula is C14H17N3O2S. The van der Waals surface area contributed by atoms with Crippen molar-refractivity contribution in [1.82, 2.24) is 10.2 Å². The van der Waals surface area contributed by atoms with Crippen LogP contribution in [0.2, 0.25) is 0 Å². The Balaban J connectivity index is 1.85. The summed E-state index contributed by atoms with van der Waals surface area (Å²) in [6.07, 6.45) is 2.10. The third-order valence-electron chi connectivity index (χ3n) is 3.00. The molecule has 0 bridgehead atoms. The van der Waals surface area contributed by atoms with Gasteiger partial charge in [0.15, 0.2) is 0 Å². The van der Waals surface area contributed by atoms with E-state index in [2.05, 4.69) is 17.2 Å². The van der Waals surface area contributed by atoms with Gasteiger partial charge >= 0.3 is 0 Å². The van der Waals surface area contributed by atoms with Gasteiger partial charge in [0.1, 0.15) is 0 Å². The number of carbonyl (C=O) groups excluding carboxylic acids is 2. The summed E-state index contributed by atoms with van der Waals surface area (Å²) in [4.78, 5) is 26.9. The number of hydrogen-bond acceptors (Lipinski definition) is 4. The van der Waals surface area contributed by atoms with Crippen LogP contribution >= 0.6 is 11.3 Å². The van der Waals surface area contributed by atoms with Crippen molar-refractivity contribution < 1.29 is 9.59 Å². The highest BCUT2D eigenvalue weighted by Crippen LogP contribution is 2.15. The predicted molar refractivity (Wildman–Crippen MR) is 78.4 cm³/mol. The van der Waals surface area contributed by atoms with Gasteiger partial charge in [-0.25, -0.2) is 0 Å². The van der Waals surface area contributed by atoms with Crippen molar-refractivity contribution in [3.05, 3.63) is 21.9 Å². The molecule has 1 aliphatic heterocycles. The van der Waals surface area contributed by atoms with Crippen LogP contribution in [0.1, 0.15) is 27.4 Å². The summed E-state index contributed by atoms with van der Waals surface area (Å²) in [7, 11) is 0. The van der Waals surface area contributed by atoms with E-state index < -0.39 is 0 Å². The van der Waals surface area contributed by atoms with Crippen molar-refractivity contribution in [3.63, 3.8) is 0 Å². The minimum atomic E-state index is -0.233. The SMILES string of the molecule is NCC#Cc1ccc(C(=O)NCC(=O)N2CCCC2)s1. The lowest BCUT2D eigenvalue weighted by molar-refractivity contribution is -0.129. The Morgan fingerprint density at radius 2 is 2.10 bits per heavy atom. The van der Waals surface area contributed by atoms with Crippen LogP contribution in [0.4, 0.5) is 0 Å². The van der Waals surface area contributed by atoms with Gasteiger partial charge in [-0.1, -0.05) is 11.8 Å². The second-order valence-corrected chi connectivity index (χ2v) is 5.52. The number of thiophene rings is 1. The molecule has 1 saturated heterocycles. The fourth-order valence-corrected chi connectivity index (χ4v) is 2.78. The molecule has 3 N–H and O–H groups in total. The molecule has 0 radical (unpaired) electrons. The molecule has 5 nitrogen and oxygen atoms in total. The Labute approximate surface area is 122 Å². The molecular weight excluding hydrogens is 274 g/mol. The van der Waals surface area contributed by atoms with Gasteiger partial charge in [-0.3, -0.25) is 9.59 Å². The van der Waals surface area contributed by atoms with Crippen LogP contribution in [0.5, 0.6) is 0 Å². The van der Waals surface area contributed by atoms with Crippen molar-refractivity contribution in [2.45, 2.75) is 12.8 Å². The first-order valence-corrected chi connectivity index (χ1v) is 7.37. The number of likely N-dealkylation sites (tertiary alicyclic amines) is 1. The zero-order valence-corrected chi connectivity index (χ0v) is 12.0. The summed E-state index contributed by atoms with van der Waals surface area (Å²) in [5.74, 6) is 5.37. The van der Waals surface area contributed by atoms with E-state index in [9.17, 15) is 9.59 Å². The van der Waals surface area contributed by atoms with Crippen LogP contribution in [0.3, 0.4) is 0 Å². The van der Waals surface area contributed by atoms with Gasteiger partial charge in [0, 0.05) is 13.1 Å². The van der Waals surface area contributed by atoms with E-state index in [4.69, 9.17) is 5.73 Å². The lowest BCUT2D eigenvalue weighted by Crippen LogP contribution is -2.38. The third kappa shape index (κ3) is 3.83. The lowest BCUT2D eigenvalue weighted by Gasteiger charge is -2.15. The first-order valence-electron chi connectivity index (χ1n) is 6.55. The van der Waals surface area contributed by atoms with Crippen molar-refractivity contribution >= 4 is 23.2 Å². The van der Waals surface area contributed by atoms with Gasteiger partial charge in [0.2, 0.25) is 5.91 Å². The quantitative estimate of drug-likeness (QED) is 0.792. The molecule has 20 heavy (non-hydrogen) atoms.